The van der Waals surface area contributed by atoms with Crippen LogP contribution in [0.15, 0.2) is 36.5 Å². The number of carbonyl (C=O) groups excluding carboxylic acids is 2. The molecule has 1 saturated heterocycles. The van der Waals surface area contributed by atoms with Gasteiger partial charge in [0.25, 0.3) is 0 Å². The molecule has 0 unspecified atom stereocenters. The molecular weight excluding hydrogens is 334 g/mol. The van der Waals surface area contributed by atoms with Crippen LogP contribution in [0.5, 0.6) is 17.4 Å². The quantitative estimate of drug-likeness (QED) is 0.769. The number of aromatic nitrogens is 1. The highest BCUT2D eigenvalue weighted by Crippen LogP contribution is 2.30. The number of hydrogen-bond acceptors (Lipinski definition) is 6. The van der Waals surface area contributed by atoms with Crippen LogP contribution < -0.4 is 14.4 Å². The van der Waals surface area contributed by atoms with Gasteiger partial charge in [0, 0.05) is 24.5 Å². The molecule has 1 atom stereocenters. The zero-order valence-corrected chi connectivity index (χ0v) is 14.4. The Morgan fingerprint density at radius 3 is 2.69 bits per heavy atom. The number of anilines is 1. The fourth-order valence-electron chi connectivity index (χ4n) is 2.80. The predicted octanol–water partition coefficient (Wildman–Crippen LogP) is 3.04. The van der Waals surface area contributed by atoms with Gasteiger partial charge in [-0.2, -0.15) is 5.26 Å². The van der Waals surface area contributed by atoms with Crippen molar-refractivity contribution < 1.29 is 19.1 Å². The van der Waals surface area contributed by atoms with Crippen molar-refractivity contribution in [3.8, 4) is 23.4 Å². The summed E-state index contributed by atoms with van der Waals surface area (Å²) < 4.78 is 10.8. The molecular formula is C19H17N3O4. The normalized spacial score (nSPS) is 16.5. The highest BCUT2D eigenvalue weighted by atomic mass is 16.5. The first-order valence-corrected chi connectivity index (χ1v) is 8.16. The molecule has 1 aromatic carbocycles. The minimum Gasteiger partial charge on any atom is -0.495 e. The van der Waals surface area contributed by atoms with Gasteiger partial charge in [-0.05, 0) is 24.6 Å². The van der Waals surface area contributed by atoms with Crippen LogP contribution in [0.3, 0.4) is 0 Å². The maximum atomic E-state index is 12.3. The van der Waals surface area contributed by atoms with Crippen LogP contribution in [0.4, 0.5) is 5.69 Å². The van der Waals surface area contributed by atoms with Gasteiger partial charge in [-0.1, -0.05) is 6.92 Å². The number of nitriles is 1. The second-order valence-corrected chi connectivity index (χ2v) is 5.81. The van der Waals surface area contributed by atoms with Crippen molar-refractivity contribution in [2.24, 2.45) is 5.92 Å². The fraction of sp³-hybridized carbons (Fsp3) is 0.263. The summed E-state index contributed by atoms with van der Waals surface area (Å²) in [5.74, 6) is 0.496. The molecule has 1 aliphatic rings. The predicted molar refractivity (Wildman–Crippen MR) is 92.9 cm³/mol. The summed E-state index contributed by atoms with van der Waals surface area (Å²) in [5.41, 5.74) is 0.834. The van der Waals surface area contributed by atoms with Crippen molar-refractivity contribution >= 4 is 17.5 Å². The number of rotatable bonds is 5. The Hall–Kier alpha value is -3.40. The van der Waals surface area contributed by atoms with Crippen molar-refractivity contribution in [2.45, 2.75) is 19.8 Å². The zero-order chi connectivity index (χ0) is 18.7. The SMILES string of the molecule is CC[C@H]1CC(=O)N(c2ccc(Oc3ccc(C#N)c(OC)c3)nc2)C1=O. The summed E-state index contributed by atoms with van der Waals surface area (Å²) in [4.78, 5) is 29.7. The average molecular weight is 351 g/mol. The van der Waals surface area contributed by atoms with Crippen LogP contribution in [0, 0.1) is 17.2 Å². The zero-order valence-electron chi connectivity index (χ0n) is 14.4. The van der Waals surface area contributed by atoms with E-state index in [1.165, 1.54) is 18.2 Å². The van der Waals surface area contributed by atoms with E-state index in [2.05, 4.69) is 4.98 Å². The largest absolute Gasteiger partial charge is 0.495 e. The molecule has 0 aliphatic carbocycles. The van der Waals surface area contributed by atoms with Crippen LogP contribution >= 0.6 is 0 Å². The Morgan fingerprint density at radius 2 is 2.12 bits per heavy atom. The van der Waals surface area contributed by atoms with Gasteiger partial charge < -0.3 is 9.47 Å². The third-order valence-electron chi connectivity index (χ3n) is 4.23. The summed E-state index contributed by atoms with van der Waals surface area (Å²) in [6, 6.07) is 10.1. The highest BCUT2D eigenvalue weighted by Gasteiger charge is 2.38. The van der Waals surface area contributed by atoms with E-state index < -0.39 is 0 Å². The van der Waals surface area contributed by atoms with Gasteiger partial charge in [0.2, 0.25) is 17.7 Å². The third-order valence-corrected chi connectivity index (χ3v) is 4.23. The second-order valence-electron chi connectivity index (χ2n) is 5.81. The van der Waals surface area contributed by atoms with Gasteiger partial charge in [0.15, 0.2) is 0 Å². The van der Waals surface area contributed by atoms with Crippen LogP contribution in [-0.4, -0.2) is 23.9 Å². The molecule has 2 amide bonds. The van der Waals surface area contributed by atoms with Crippen molar-refractivity contribution in [3.63, 3.8) is 0 Å². The summed E-state index contributed by atoms with van der Waals surface area (Å²) in [7, 11) is 1.47. The lowest BCUT2D eigenvalue weighted by Crippen LogP contribution is -2.30. The minimum atomic E-state index is -0.260. The Morgan fingerprint density at radius 1 is 1.31 bits per heavy atom. The van der Waals surface area contributed by atoms with E-state index in [1.54, 1.807) is 30.3 Å². The van der Waals surface area contributed by atoms with E-state index in [9.17, 15) is 9.59 Å². The van der Waals surface area contributed by atoms with Crippen molar-refractivity contribution in [1.82, 2.24) is 4.98 Å². The Labute approximate surface area is 150 Å². The maximum absolute atomic E-state index is 12.3. The van der Waals surface area contributed by atoms with Crippen LogP contribution in [-0.2, 0) is 9.59 Å². The number of ether oxygens (including phenoxy) is 2. The molecule has 1 aromatic heterocycles. The lowest BCUT2D eigenvalue weighted by Gasteiger charge is -2.15. The number of benzene rings is 1. The molecule has 1 aliphatic heterocycles. The second kappa shape index (κ2) is 7.23. The van der Waals surface area contributed by atoms with Crippen LogP contribution in [0.2, 0.25) is 0 Å². The summed E-state index contributed by atoms with van der Waals surface area (Å²) in [6.07, 6.45) is 2.30. The number of carbonyl (C=O) groups is 2. The van der Waals surface area contributed by atoms with Gasteiger partial charge in [-0.25, -0.2) is 9.88 Å². The summed E-state index contributed by atoms with van der Waals surface area (Å²) >= 11 is 0. The number of amides is 2. The van der Waals surface area contributed by atoms with E-state index in [-0.39, 0.29) is 24.2 Å². The first-order valence-electron chi connectivity index (χ1n) is 8.16. The summed E-state index contributed by atoms with van der Waals surface area (Å²) in [5, 5.41) is 9.00. The lowest BCUT2D eigenvalue weighted by atomic mass is 10.1. The summed E-state index contributed by atoms with van der Waals surface area (Å²) in [6.45, 7) is 1.89. The van der Waals surface area contributed by atoms with Gasteiger partial charge in [0.05, 0.1) is 24.6 Å². The van der Waals surface area contributed by atoms with Crippen LogP contribution in [0.1, 0.15) is 25.3 Å². The monoisotopic (exact) mass is 351 g/mol. The Balaban J connectivity index is 1.78. The number of nitrogens with zero attached hydrogens (tertiary/aromatic N) is 3. The third kappa shape index (κ3) is 3.22. The number of pyridine rings is 1. The number of imide groups is 1. The van der Waals surface area contributed by atoms with Gasteiger partial charge in [-0.3, -0.25) is 9.59 Å². The van der Waals surface area contributed by atoms with Gasteiger partial charge in [-0.15, -0.1) is 0 Å². The smallest absolute Gasteiger partial charge is 0.237 e. The topological polar surface area (TPSA) is 92.5 Å². The van der Waals surface area contributed by atoms with Crippen molar-refractivity contribution in [1.29, 1.82) is 5.26 Å². The van der Waals surface area contributed by atoms with Crippen molar-refractivity contribution in [3.05, 3.63) is 42.1 Å². The standard InChI is InChI=1S/C19H17N3O4/c1-3-12-8-18(23)22(19(12)24)14-5-7-17(21-11-14)26-15-6-4-13(10-20)16(9-15)25-2/h4-7,9,11-12H,3,8H2,1-2H3/t12-/m0/s1. The Bertz CT molecular complexity index is 887. The molecule has 26 heavy (non-hydrogen) atoms. The molecule has 3 rings (SSSR count). The molecule has 2 aromatic rings. The molecule has 2 heterocycles. The number of hydrogen-bond donors (Lipinski definition) is 0. The molecule has 0 saturated carbocycles. The van der Waals surface area contributed by atoms with E-state index in [0.29, 0.717) is 35.1 Å². The van der Waals surface area contributed by atoms with Gasteiger partial charge >= 0.3 is 0 Å². The fourth-order valence-corrected chi connectivity index (χ4v) is 2.80. The Kier molecular flexibility index (Phi) is 4.85. The minimum absolute atomic E-state index is 0.190. The first-order chi connectivity index (χ1) is 12.6. The van der Waals surface area contributed by atoms with E-state index in [0.717, 1.165) is 0 Å². The first kappa shape index (κ1) is 17.4. The lowest BCUT2D eigenvalue weighted by molar-refractivity contribution is -0.122. The van der Waals surface area contributed by atoms with E-state index in [4.69, 9.17) is 14.7 Å². The molecule has 0 radical (unpaired) electrons. The molecule has 7 heteroatoms. The maximum Gasteiger partial charge on any atom is 0.237 e. The van der Waals surface area contributed by atoms with Gasteiger partial charge in [0.1, 0.15) is 17.6 Å². The molecule has 0 spiro atoms. The van der Waals surface area contributed by atoms with Crippen molar-refractivity contribution in [2.75, 3.05) is 12.0 Å². The molecule has 0 N–H and O–H groups in total. The van der Waals surface area contributed by atoms with Crippen LogP contribution in [0.25, 0.3) is 0 Å². The molecule has 132 valence electrons. The molecule has 1 fully saturated rings. The van der Waals surface area contributed by atoms with E-state index in [1.807, 2.05) is 13.0 Å². The number of methoxy groups -OCH3 is 1. The molecule has 7 nitrogen and oxygen atoms in total. The molecule has 0 bridgehead atoms. The average Bonchev–Trinajstić information content (AvgIpc) is 2.96. The highest BCUT2D eigenvalue weighted by molar-refractivity contribution is 6.20. The van der Waals surface area contributed by atoms with E-state index >= 15 is 0 Å².